The Balaban J connectivity index is 1.58. The molecule has 3 rings (SSSR count). The molecule has 7 heteroatoms. The van der Waals surface area contributed by atoms with E-state index in [-0.39, 0.29) is 18.1 Å². The number of hydrogen-bond acceptors (Lipinski definition) is 6. The summed E-state index contributed by atoms with van der Waals surface area (Å²) in [4.78, 5) is 17.2. The largest absolute Gasteiger partial charge is 0.505 e. The number of nitrogens with zero attached hydrogens (tertiary/aromatic N) is 2. The fourth-order valence-electron chi connectivity index (χ4n) is 2.06. The lowest BCUT2D eigenvalue weighted by atomic mass is 10.2. The first-order valence-electron chi connectivity index (χ1n) is 7.08. The first-order valence-corrected chi connectivity index (χ1v) is 7.96. The lowest BCUT2D eigenvalue weighted by Gasteiger charge is -2.08. The number of aryl methyl sites for hydroxylation is 2. The third kappa shape index (κ3) is 3.57. The molecule has 1 amide bonds. The van der Waals surface area contributed by atoms with Gasteiger partial charge in [-0.25, -0.2) is 0 Å². The smallest absolute Gasteiger partial charge is 0.227 e. The molecular formula is C16H15N3O3S. The Labute approximate surface area is 136 Å². The fraction of sp³-hybridized carbons (Fsp3) is 0.188. The van der Waals surface area contributed by atoms with Crippen molar-refractivity contribution in [3.05, 3.63) is 47.2 Å². The van der Waals surface area contributed by atoms with Crippen LogP contribution in [0.2, 0.25) is 0 Å². The van der Waals surface area contributed by atoms with Gasteiger partial charge in [0.05, 0.1) is 10.6 Å². The van der Waals surface area contributed by atoms with Gasteiger partial charge in [-0.1, -0.05) is 23.4 Å². The minimum atomic E-state index is -0.221. The number of carbonyl (C=O) groups excluding carboxylic acids is 1. The van der Waals surface area contributed by atoms with Crippen molar-refractivity contribution in [1.82, 2.24) is 10.1 Å². The zero-order chi connectivity index (χ0) is 16.2. The quantitative estimate of drug-likeness (QED) is 0.701. The summed E-state index contributed by atoms with van der Waals surface area (Å²) in [6, 6.07) is 9.03. The van der Waals surface area contributed by atoms with E-state index in [0.717, 1.165) is 4.88 Å². The normalized spacial score (nSPS) is 10.7. The Bertz CT molecular complexity index is 812. The summed E-state index contributed by atoms with van der Waals surface area (Å²) in [5, 5.41) is 18.4. The minimum Gasteiger partial charge on any atom is -0.505 e. The van der Waals surface area contributed by atoms with Crippen molar-refractivity contribution >= 4 is 22.9 Å². The average Bonchev–Trinajstić information content (AvgIpc) is 3.20. The van der Waals surface area contributed by atoms with Crippen LogP contribution < -0.4 is 5.32 Å². The van der Waals surface area contributed by atoms with Crippen LogP contribution in [0.15, 0.2) is 40.2 Å². The van der Waals surface area contributed by atoms with E-state index in [1.165, 1.54) is 11.3 Å². The molecule has 0 aliphatic rings. The maximum absolute atomic E-state index is 12.0. The first kappa shape index (κ1) is 15.2. The summed E-state index contributed by atoms with van der Waals surface area (Å²) < 4.78 is 5.15. The highest BCUT2D eigenvalue weighted by atomic mass is 32.1. The maximum Gasteiger partial charge on any atom is 0.227 e. The molecule has 0 aliphatic heterocycles. The first-order chi connectivity index (χ1) is 11.1. The molecule has 0 unspecified atom stereocenters. The van der Waals surface area contributed by atoms with Crippen LogP contribution in [0.4, 0.5) is 5.69 Å². The number of benzene rings is 1. The fourth-order valence-corrected chi connectivity index (χ4v) is 2.70. The Morgan fingerprint density at radius 2 is 2.22 bits per heavy atom. The number of phenols is 1. The van der Waals surface area contributed by atoms with Crippen molar-refractivity contribution in [3.8, 4) is 16.5 Å². The van der Waals surface area contributed by atoms with Gasteiger partial charge < -0.3 is 14.9 Å². The molecule has 0 aliphatic carbocycles. The van der Waals surface area contributed by atoms with E-state index in [1.807, 2.05) is 17.5 Å². The number of thiophene rings is 1. The predicted molar refractivity (Wildman–Crippen MR) is 87.4 cm³/mol. The molecule has 3 aromatic rings. The molecular weight excluding hydrogens is 314 g/mol. The second-order valence-electron chi connectivity index (χ2n) is 5.01. The van der Waals surface area contributed by atoms with Gasteiger partial charge in [0.15, 0.2) is 0 Å². The van der Waals surface area contributed by atoms with E-state index in [4.69, 9.17) is 4.52 Å². The number of carbonyl (C=O) groups is 1. The molecule has 0 bridgehead atoms. The maximum atomic E-state index is 12.0. The third-order valence-corrected chi connectivity index (χ3v) is 4.15. The highest BCUT2D eigenvalue weighted by Gasteiger charge is 2.12. The number of anilines is 1. The number of phenolic OH excluding ortho intramolecular Hbond substituents is 1. The van der Waals surface area contributed by atoms with Crippen molar-refractivity contribution in [1.29, 1.82) is 0 Å². The Morgan fingerprint density at radius 3 is 3.00 bits per heavy atom. The van der Waals surface area contributed by atoms with Gasteiger partial charge in [-0.15, -0.1) is 11.3 Å². The van der Waals surface area contributed by atoms with Crippen LogP contribution in [0.1, 0.15) is 17.9 Å². The highest BCUT2D eigenvalue weighted by molar-refractivity contribution is 7.13. The average molecular weight is 329 g/mol. The molecule has 23 heavy (non-hydrogen) atoms. The van der Waals surface area contributed by atoms with Crippen LogP contribution in [-0.2, 0) is 11.2 Å². The van der Waals surface area contributed by atoms with Gasteiger partial charge >= 0.3 is 0 Å². The van der Waals surface area contributed by atoms with E-state index >= 15 is 0 Å². The molecule has 118 valence electrons. The van der Waals surface area contributed by atoms with Crippen LogP contribution in [0.3, 0.4) is 0 Å². The number of rotatable bonds is 5. The highest BCUT2D eigenvalue weighted by Crippen LogP contribution is 2.26. The number of amides is 1. The Morgan fingerprint density at radius 1 is 1.35 bits per heavy atom. The topological polar surface area (TPSA) is 88.3 Å². The summed E-state index contributed by atoms with van der Waals surface area (Å²) in [6.07, 6.45) is 0.538. The van der Waals surface area contributed by atoms with Crippen molar-refractivity contribution in [2.24, 2.45) is 0 Å². The van der Waals surface area contributed by atoms with Gasteiger partial charge in [0.25, 0.3) is 0 Å². The van der Waals surface area contributed by atoms with Gasteiger partial charge in [0.1, 0.15) is 5.75 Å². The molecule has 0 radical (unpaired) electrons. The van der Waals surface area contributed by atoms with Gasteiger partial charge in [-0.3, -0.25) is 4.79 Å². The molecule has 0 spiro atoms. The molecule has 2 aromatic heterocycles. The molecule has 2 N–H and O–H groups in total. The lowest BCUT2D eigenvalue weighted by molar-refractivity contribution is -0.116. The van der Waals surface area contributed by atoms with Crippen LogP contribution in [0, 0.1) is 6.92 Å². The molecule has 1 aromatic carbocycles. The van der Waals surface area contributed by atoms with Crippen molar-refractivity contribution in [2.45, 2.75) is 19.8 Å². The monoisotopic (exact) mass is 329 g/mol. The summed E-state index contributed by atoms with van der Waals surface area (Å²) in [5.41, 5.74) is 1.11. The Kier molecular flexibility index (Phi) is 4.38. The van der Waals surface area contributed by atoms with Gasteiger partial charge in [-0.2, -0.15) is 4.98 Å². The molecule has 2 heterocycles. The molecule has 0 saturated heterocycles. The number of hydrogen-bond donors (Lipinski definition) is 2. The number of para-hydroxylation sites is 1. The van der Waals surface area contributed by atoms with Crippen LogP contribution >= 0.6 is 11.3 Å². The van der Waals surface area contributed by atoms with E-state index in [9.17, 15) is 9.90 Å². The van der Waals surface area contributed by atoms with E-state index in [1.54, 1.807) is 25.1 Å². The second kappa shape index (κ2) is 6.62. The summed E-state index contributed by atoms with van der Waals surface area (Å²) in [7, 11) is 0. The summed E-state index contributed by atoms with van der Waals surface area (Å²) in [5.74, 6) is 0.809. The van der Waals surface area contributed by atoms with Crippen LogP contribution in [0.5, 0.6) is 5.75 Å². The zero-order valence-corrected chi connectivity index (χ0v) is 13.3. The van der Waals surface area contributed by atoms with E-state index < -0.39 is 0 Å². The number of nitrogens with one attached hydrogen (secondary N) is 1. The van der Waals surface area contributed by atoms with E-state index in [2.05, 4.69) is 15.5 Å². The van der Waals surface area contributed by atoms with E-state index in [0.29, 0.717) is 29.4 Å². The lowest BCUT2D eigenvalue weighted by Crippen LogP contribution is -2.12. The zero-order valence-electron chi connectivity index (χ0n) is 12.4. The van der Waals surface area contributed by atoms with Crippen LogP contribution in [-0.4, -0.2) is 21.2 Å². The van der Waals surface area contributed by atoms with Crippen LogP contribution in [0.25, 0.3) is 10.7 Å². The van der Waals surface area contributed by atoms with Gasteiger partial charge in [0.2, 0.25) is 17.6 Å². The number of aromatic hydroxyl groups is 1. The molecule has 0 saturated carbocycles. The van der Waals surface area contributed by atoms with Gasteiger partial charge in [-0.05, 0) is 30.0 Å². The molecule has 0 atom stereocenters. The minimum absolute atomic E-state index is 0.0821. The summed E-state index contributed by atoms with van der Waals surface area (Å²) in [6.45, 7) is 1.77. The van der Waals surface area contributed by atoms with Gasteiger partial charge in [0, 0.05) is 12.8 Å². The summed E-state index contributed by atoms with van der Waals surface area (Å²) >= 11 is 1.53. The van der Waals surface area contributed by atoms with Crippen molar-refractivity contribution in [2.75, 3.05) is 5.32 Å². The van der Waals surface area contributed by atoms with Crippen molar-refractivity contribution in [3.63, 3.8) is 0 Å². The third-order valence-electron chi connectivity index (χ3n) is 3.29. The standard InChI is InChI=1S/C16H15N3O3S/c1-10-4-2-5-11(15(10)21)17-13(20)7-8-14-18-16(19-22-14)12-6-3-9-23-12/h2-6,9,21H,7-8H2,1H3,(H,17,20). The Hall–Kier alpha value is -2.67. The van der Waals surface area contributed by atoms with Crippen molar-refractivity contribution < 1.29 is 14.4 Å². The SMILES string of the molecule is Cc1cccc(NC(=O)CCc2nc(-c3cccs3)no2)c1O. The predicted octanol–water partition coefficient (Wildman–Crippen LogP) is 3.38. The number of aromatic nitrogens is 2. The molecule has 6 nitrogen and oxygen atoms in total. The second-order valence-corrected chi connectivity index (χ2v) is 5.96. The molecule has 0 fully saturated rings.